The number of anilines is 2. The van der Waals surface area contributed by atoms with Gasteiger partial charge in [-0.2, -0.15) is 0 Å². The standard InChI is InChI=1S/C20H25N3O4/c1-5-7-8-9-22-17-11-15(23(26)27)10-16(21-12-14(6-2)13-24)18(17)20(3,4)19(22)25/h6,10-11,21H,2,5,7-9,12H2,1,3-4H3. The summed E-state index contributed by atoms with van der Waals surface area (Å²) in [4.78, 5) is 36.5. The summed E-state index contributed by atoms with van der Waals surface area (Å²) in [5, 5.41) is 14.5. The molecular formula is C20H25N3O4. The van der Waals surface area contributed by atoms with Gasteiger partial charge in [0.05, 0.1) is 28.1 Å². The fourth-order valence-corrected chi connectivity index (χ4v) is 3.36. The van der Waals surface area contributed by atoms with Crippen molar-refractivity contribution in [1.29, 1.82) is 0 Å². The number of nitro groups is 1. The van der Waals surface area contributed by atoms with E-state index in [0.29, 0.717) is 29.1 Å². The van der Waals surface area contributed by atoms with Crippen molar-refractivity contribution in [2.45, 2.75) is 45.4 Å². The van der Waals surface area contributed by atoms with Gasteiger partial charge < -0.3 is 10.2 Å². The second kappa shape index (κ2) is 8.18. The van der Waals surface area contributed by atoms with Gasteiger partial charge in [-0.05, 0) is 20.3 Å². The molecule has 0 bridgehead atoms. The molecule has 1 N–H and O–H groups in total. The summed E-state index contributed by atoms with van der Waals surface area (Å²) in [5.74, 6) is 1.70. The van der Waals surface area contributed by atoms with E-state index in [1.807, 2.05) is 13.8 Å². The number of amides is 1. The number of nitrogens with one attached hydrogen (secondary N) is 1. The second-order valence-electron chi connectivity index (χ2n) is 7.12. The molecule has 0 atom stereocenters. The molecule has 1 aromatic carbocycles. The molecule has 0 saturated heterocycles. The quantitative estimate of drug-likeness (QED) is 0.234. The number of hydrogen-bond acceptors (Lipinski definition) is 5. The number of nitrogens with zero attached hydrogens (tertiary/aromatic N) is 2. The molecule has 1 aliphatic rings. The van der Waals surface area contributed by atoms with Gasteiger partial charge in [0.1, 0.15) is 5.94 Å². The van der Waals surface area contributed by atoms with Crippen LogP contribution in [0.2, 0.25) is 0 Å². The van der Waals surface area contributed by atoms with Crippen molar-refractivity contribution >= 4 is 28.9 Å². The van der Waals surface area contributed by atoms with Crippen LogP contribution < -0.4 is 10.2 Å². The molecule has 0 aliphatic carbocycles. The van der Waals surface area contributed by atoms with E-state index >= 15 is 0 Å². The van der Waals surface area contributed by atoms with Gasteiger partial charge in [0, 0.05) is 29.9 Å². The molecule has 1 heterocycles. The van der Waals surface area contributed by atoms with Crippen LogP contribution in [0.3, 0.4) is 0 Å². The van der Waals surface area contributed by atoms with Crippen LogP contribution in [-0.4, -0.2) is 29.9 Å². The van der Waals surface area contributed by atoms with Gasteiger partial charge in [0.15, 0.2) is 0 Å². The monoisotopic (exact) mass is 371 g/mol. The Bertz CT molecular complexity index is 823. The van der Waals surface area contributed by atoms with Crippen molar-refractivity contribution in [3.8, 4) is 0 Å². The van der Waals surface area contributed by atoms with Crippen LogP contribution in [0.25, 0.3) is 0 Å². The molecule has 27 heavy (non-hydrogen) atoms. The van der Waals surface area contributed by atoms with Crippen molar-refractivity contribution in [2.24, 2.45) is 0 Å². The highest BCUT2D eigenvalue weighted by atomic mass is 16.6. The third-order valence-corrected chi connectivity index (χ3v) is 4.84. The Morgan fingerprint density at radius 3 is 2.67 bits per heavy atom. The zero-order chi connectivity index (χ0) is 20.2. The number of non-ortho nitro benzene ring substituents is 1. The number of hydrogen-bond donors (Lipinski definition) is 1. The first-order valence-corrected chi connectivity index (χ1v) is 9.03. The van der Waals surface area contributed by atoms with Crippen LogP contribution in [-0.2, 0) is 15.0 Å². The predicted molar refractivity (Wildman–Crippen MR) is 106 cm³/mol. The summed E-state index contributed by atoms with van der Waals surface area (Å²) in [6.45, 7) is 9.90. The van der Waals surface area contributed by atoms with E-state index < -0.39 is 10.3 Å². The van der Waals surface area contributed by atoms with Crippen LogP contribution in [0.15, 0.2) is 30.4 Å². The van der Waals surface area contributed by atoms with Gasteiger partial charge in [-0.3, -0.25) is 14.9 Å². The third-order valence-electron chi connectivity index (χ3n) is 4.84. The number of carbonyl (C=O) groups is 1. The maximum absolute atomic E-state index is 13.0. The summed E-state index contributed by atoms with van der Waals surface area (Å²) in [6.07, 6.45) is 4.21. The maximum atomic E-state index is 13.0. The molecule has 7 heteroatoms. The van der Waals surface area contributed by atoms with Gasteiger partial charge in [0.2, 0.25) is 5.91 Å². The fourth-order valence-electron chi connectivity index (χ4n) is 3.36. The van der Waals surface area contributed by atoms with Crippen molar-refractivity contribution in [3.63, 3.8) is 0 Å². The Morgan fingerprint density at radius 2 is 2.11 bits per heavy atom. The number of nitro benzene ring substituents is 1. The van der Waals surface area contributed by atoms with E-state index in [1.54, 1.807) is 10.8 Å². The van der Waals surface area contributed by atoms with Gasteiger partial charge in [0.25, 0.3) is 5.69 Å². The Morgan fingerprint density at radius 1 is 1.41 bits per heavy atom. The molecule has 0 saturated carbocycles. The van der Waals surface area contributed by atoms with E-state index in [4.69, 9.17) is 0 Å². The first kappa shape index (κ1) is 20.4. The lowest BCUT2D eigenvalue weighted by molar-refractivity contribution is -0.384. The summed E-state index contributed by atoms with van der Waals surface area (Å²) < 4.78 is 0. The number of benzene rings is 1. The molecule has 1 aromatic rings. The van der Waals surface area contributed by atoms with Gasteiger partial charge in [-0.15, -0.1) is 0 Å². The van der Waals surface area contributed by atoms with Crippen molar-refractivity contribution in [3.05, 3.63) is 46.0 Å². The number of carbonyl (C=O) groups excluding carboxylic acids is 2. The lowest BCUT2D eigenvalue weighted by Gasteiger charge is -2.20. The van der Waals surface area contributed by atoms with Crippen LogP contribution in [0.1, 0.15) is 45.6 Å². The summed E-state index contributed by atoms with van der Waals surface area (Å²) >= 11 is 0. The summed E-state index contributed by atoms with van der Waals surface area (Å²) in [6, 6.07) is 2.87. The molecule has 0 aromatic heterocycles. The SMILES string of the molecule is C=CC(=C=O)CNc1cc([N+](=O)[O-])cc2c1C(C)(C)C(=O)N2CCCCC. The normalized spacial score (nSPS) is 14.5. The number of fused-ring (bicyclic) bond motifs is 1. The molecular weight excluding hydrogens is 346 g/mol. The summed E-state index contributed by atoms with van der Waals surface area (Å²) in [5.41, 5.74) is 1.13. The van der Waals surface area contributed by atoms with Gasteiger partial charge in [-0.1, -0.05) is 32.4 Å². The fraction of sp³-hybridized carbons (Fsp3) is 0.450. The predicted octanol–water partition coefficient (Wildman–Crippen LogP) is 3.77. The average Bonchev–Trinajstić information content (AvgIpc) is 2.83. The van der Waals surface area contributed by atoms with Gasteiger partial charge in [-0.25, -0.2) is 4.79 Å². The average molecular weight is 371 g/mol. The van der Waals surface area contributed by atoms with Crippen LogP contribution in [0.4, 0.5) is 17.1 Å². The second-order valence-corrected chi connectivity index (χ2v) is 7.12. The summed E-state index contributed by atoms with van der Waals surface area (Å²) in [7, 11) is 0. The largest absolute Gasteiger partial charge is 0.380 e. The highest BCUT2D eigenvalue weighted by Crippen LogP contribution is 2.47. The van der Waals surface area contributed by atoms with Crippen molar-refractivity contribution in [1.82, 2.24) is 0 Å². The minimum Gasteiger partial charge on any atom is -0.380 e. The lowest BCUT2D eigenvalue weighted by Crippen LogP contribution is -2.36. The van der Waals surface area contributed by atoms with Crippen molar-refractivity contribution in [2.75, 3.05) is 23.3 Å². The molecule has 0 spiro atoms. The van der Waals surface area contributed by atoms with E-state index in [2.05, 4.69) is 18.8 Å². The minimum atomic E-state index is -0.821. The Hall–Kier alpha value is -2.92. The molecule has 0 radical (unpaired) electrons. The molecule has 0 unspecified atom stereocenters. The van der Waals surface area contributed by atoms with Gasteiger partial charge >= 0.3 is 0 Å². The first-order chi connectivity index (χ1) is 12.8. The first-order valence-electron chi connectivity index (χ1n) is 9.03. The zero-order valence-electron chi connectivity index (χ0n) is 16.0. The molecule has 1 amide bonds. The smallest absolute Gasteiger partial charge is 0.273 e. The van der Waals surface area contributed by atoms with E-state index in [0.717, 1.165) is 19.3 Å². The minimum absolute atomic E-state index is 0.0768. The third kappa shape index (κ3) is 3.93. The molecule has 0 fully saturated rings. The topological polar surface area (TPSA) is 92.5 Å². The zero-order valence-corrected chi connectivity index (χ0v) is 16.0. The Labute approximate surface area is 158 Å². The Balaban J connectivity index is 2.54. The molecule has 7 nitrogen and oxygen atoms in total. The van der Waals surface area contributed by atoms with E-state index in [9.17, 15) is 19.7 Å². The number of rotatable bonds is 9. The van der Waals surface area contributed by atoms with E-state index in [1.165, 1.54) is 18.2 Å². The molecule has 144 valence electrons. The molecule has 2 rings (SSSR count). The number of unbranched alkanes of at least 4 members (excludes halogenated alkanes) is 2. The van der Waals surface area contributed by atoms with Crippen LogP contribution >= 0.6 is 0 Å². The lowest BCUT2D eigenvalue weighted by atomic mass is 9.84. The maximum Gasteiger partial charge on any atom is 0.273 e. The Kier molecular flexibility index (Phi) is 6.18. The highest BCUT2D eigenvalue weighted by molar-refractivity contribution is 6.10. The van der Waals surface area contributed by atoms with Crippen LogP contribution in [0, 0.1) is 10.1 Å². The van der Waals surface area contributed by atoms with Crippen molar-refractivity contribution < 1.29 is 14.5 Å². The van der Waals surface area contributed by atoms with Crippen LogP contribution in [0.5, 0.6) is 0 Å². The van der Waals surface area contributed by atoms with E-state index in [-0.39, 0.29) is 18.1 Å². The molecule has 1 aliphatic heterocycles. The highest BCUT2D eigenvalue weighted by Gasteiger charge is 2.46.